The summed E-state index contributed by atoms with van der Waals surface area (Å²) in [4.78, 5) is 2.26. The van der Waals surface area contributed by atoms with Crippen LogP contribution in [0.25, 0.3) is 0 Å². The molecule has 0 bridgehead atoms. The molecule has 2 aromatic rings. The molecule has 0 amide bonds. The lowest BCUT2D eigenvalue weighted by atomic mass is 9.89. The summed E-state index contributed by atoms with van der Waals surface area (Å²) >= 11 is 0. The topological polar surface area (TPSA) is 21.7 Å². The molecule has 2 atom stereocenters. The Morgan fingerprint density at radius 2 is 2.05 bits per heavy atom. The number of para-hydroxylation sites is 1. The summed E-state index contributed by atoms with van der Waals surface area (Å²) in [6.07, 6.45) is 1.10. The maximum Gasteiger partial charge on any atom is 0.179 e. The van der Waals surface area contributed by atoms with E-state index < -0.39 is 0 Å². The summed E-state index contributed by atoms with van der Waals surface area (Å²) in [6, 6.07) is 12.8. The number of aryl methyl sites for hydroxylation is 1. The second kappa shape index (κ2) is 4.42. The molecular formula is C18H19NO2. The Morgan fingerprint density at radius 3 is 2.86 bits per heavy atom. The first-order valence-corrected chi connectivity index (χ1v) is 7.35. The predicted octanol–water partition coefficient (Wildman–Crippen LogP) is 3.50. The Labute approximate surface area is 125 Å². The number of rotatable bonds is 1. The number of ether oxygens (including phenoxy) is 2. The number of hydrogen-bond acceptors (Lipinski definition) is 3. The van der Waals surface area contributed by atoms with Crippen LogP contribution in [-0.4, -0.2) is 20.4 Å². The van der Waals surface area contributed by atoms with E-state index in [1.165, 1.54) is 16.8 Å². The van der Waals surface area contributed by atoms with Gasteiger partial charge in [0.25, 0.3) is 0 Å². The van der Waals surface area contributed by atoms with Gasteiger partial charge in [0.15, 0.2) is 6.23 Å². The molecule has 0 fully saturated rings. The highest BCUT2D eigenvalue weighted by Gasteiger charge is 2.41. The zero-order valence-electron chi connectivity index (χ0n) is 12.6. The van der Waals surface area contributed by atoms with Crippen LogP contribution in [0.3, 0.4) is 0 Å². The molecular weight excluding hydrogens is 262 g/mol. The fourth-order valence-electron chi connectivity index (χ4n) is 3.66. The second-order valence-corrected chi connectivity index (χ2v) is 5.92. The summed E-state index contributed by atoms with van der Waals surface area (Å²) in [5, 5.41) is 0. The summed E-state index contributed by atoms with van der Waals surface area (Å²) in [5.74, 6) is 2.33. The van der Waals surface area contributed by atoms with Gasteiger partial charge in [-0.15, -0.1) is 0 Å². The molecule has 0 saturated heterocycles. The van der Waals surface area contributed by atoms with Crippen LogP contribution in [0.2, 0.25) is 0 Å². The van der Waals surface area contributed by atoms with E-state index in [1.54, 1.807) is 7.11 Å². The molecule has 0 N–H and O–H groups in total. The minimum atomic E-state index is 0.0991. The lowest BCUT2D eigenvalue weighted by Crippen LogP contribution is -2.39. The number of methoxy groups -OCH3 is 1. The zero-order chi connectivity index (χ0) is 14.6. The molecule has 3 nitrogen and oxygen atoms in total. The maximum atomic E-state index is 6.35. The van der Waals surface area contributed by atoms with Crippen LogP contribution in [-0.2, 0) is 6.42 Å². The van der Waals surface area contributed by atoms with Gasteiger partial charge in [-0.2, -0.15) is 0 Å². The van der Waals surface area contributed by atoms with E-state index in [-0.39, 0.29) is 6.23 Å². The molecule has 108 valence electrons. The minimum Gasteiger partial charge on any atom is -0.497 e. The molecule has 2 heterocycles. The van der Waals surface area contributed by atoms with Crippen molar-refractivity contribution in [3.63, 3.8) is 0 Å². The van der Waals surface area contributed by atoms with Gasteiger partial charge in [-0.25, -0.2) is 0 Å². The monoisotopic (exact) mass is 281 g/mol. The molecule has 0 unspecified atom stereocenters. The Hall–Kier alpha value is -2.16. The molecule has 0 aromatic heterocycles. The van der Waals surface area contributed by atoms with Gasteiger partial charge in [0.05, 0.1) is 7.11 Å². The first-order chi connectivity index (χ1) is 10.2. The zero-order valence-corrected chi connectivity index (χ0v) is 12.6. The van der Waals surface area contributed by atoms with Crippen molar-refractivity contribution in [2.75, 3.05) is 19.1 Å². The van der Waals surface area contributed by atoms with Crippen molar-refractivity contribution in [2.24, 2.45) is 0 Å². The van der Waals surface area contributed by atoms with E-state index in [9.17, 15) is 0 Å². The lowest BCUT2D eigenvalue weighted by molar-refractivity contribution is 0.160. The maximum absolute atomic E-state index is 6.35. The van der Waals surface area contributed by atoms with Gasteiger partial charge in [0.2, 0.25) is 0 Å². The number of benzene rings is 2. The second-order valence-electron chi connectivity index (χ2n) is 5.92. The molecule has 0 aliphatic carbocycles. The van der Waals surface area contributed by atoms with Crippen molar-refractivity contribution in [1.29, 1.82) is 0 Å². The first-order valence-electron chi connectivity index (χ1n) is 7.35. The summed E-state index contributed by atoms with van der Waals surface area (Å²) < 4.78 is 11.7. The van der Waals surface area contributed by atoms with Gasteiger partial charge in [0.1, 0.15) is 11.5 Å². The van der Waals surface area contributed by atoms with Crippen molar-refractivity contribution < 1.29 is 9.47 Å². The number of fused-ring (bicyclic) bond motifs is 4. The van der Waals surface area contributed by atoms with Crippen LogP contribution in [0.4, 0.5) is 5.69 Å². The van der Waals surface area contributed by atoms with Crippen LogP contribution in [0.1, 0.15) is 22.6 Å². The summed E-state index contributed by atoms with van der Waals surface area (Å²) in [6.45, 7) is 2.09. The highest BCUT2D eigenvalue weighted by atomic mass is 16.5. The molecule has 0 radical (unpaired) electrons. The van der Waals surface area contributed by atoms with Crippen LogP contribution < -0.4 is 14.4 Å². The van der Waals surface area contributed by atoms with Gasteiger partial charge < -0.3 is 14.4 Å². The molecule has 2 aliphatic rings. The van der Waals surface area contributed by atoms with E-state index in [0.29, 0.717) is 5.92 Å². The van der Waals surface area contributed by atoms with Crippen molar-refractivity contribution >= 4 is 5.69 Å². The quantitative estimate of drug-likeness (QED) is 0.798. The van der Waals surface area contributed by atoms with Crippen molar-refractivity contribution in [3.05, 3.63) is 53.1 Å². The summed E-state index contributed by atoms with van der Waals surface area (Å²) in [7, 11) is 3.83. The molecule has 2 aromatic carbocycles. The van der Waals surface area contributed by atoms with E-state index >= 15 is 0 Å². The van der Waals surface area contributed by atoms with Crippen LogP contribution in [0.15, 0.2) is 36.4 Å². The lowest BCUT2D eigenvalue weighted by Gasteiger charge is -2.34. The van der Waals surface area contributed by atoms with Crippen molar-refractivity contribution in [3.8, 4) is 11.5 Å². The van der Waals surface area contributed by atoms with Crippen molar-refractivity contribution in [2.45, 2.75) is 25.5 Å². The number of likely N-dealkylation sites (N-methyl/N-ethyl adjacent to an activating group) is 1. The Kier molecular flexibility index (Phi) is 2.64. The summed E-state index contributed by atoms with van der Waals surface area (Å²) in [5.41, 5.74) is 5.06. The van der Waals surface area contributed by atoms with E-state index in [1.807, 2.05) is 6.07 Å². The SMILES string of the molecule is COc1cc(C)c2c(c1)C[C@@H]1c3ccccc3N(C)[C@@H]1O2. The highest BCUT2D eigenvalue weighted by molar-refractivity contribution is 5.63. The van der Waals surface area contributed by atoms with Gasteiger partial charge in [-0.3, -0.25) is 0 Å². The van der Waals surface area contributed by atoms with Crippen LogP contribution in [0.5, 0.6) is 11.5 Å². The third-order valence-corrected chi connectivity index (χ3v) is 4.68. The van der Waals surface area contributed by atoms with E-state index in [0.717, 1.165) is 23.5 Å². The van der Waals surface area contributed by atoms with Crippen molar-refractivity contribution in [1.82, 2.24) is 0 Å². The molecule has 2 aliphatic heterocycles. The van der Waals surface area contributed by atoms with Gasteiger partial charge in [0, 0.05) is 18.7 Å². The van der Waals surface area contributed by atoms with Crippen LogP contribution >= 0.6 is 0 Å². The molecule has 4 rings (SSSR count). The largest absolute Gasteiger partial charge is 0.497 e. The number of hydrogen-bond donors (Lipinski definition) is 0. The Morgan fingerprint density at radius 1 is 1.24 bits per heavy atom. The van der Waals surface area contributed by atoms with Gasteiger partial charge in [-0.05, 0) is 48.2 Å². The standard InChI is InChI=1S/C18H19NO2/c1-11-8-13(20-3)9-12-10-15-14-6-4-5-7-16(14)19(2)18(15)21-17(11)12/h4-9,15,18H,10H2,1-3H3/t15-,18-/m1/s1. The third kappa shape index (κ3) is 1.73. The normalized spacial score (nSPS) is 22.1. The van der Waals surface area contributed by atoms with E-state index in [4.69, 9.17) is 9.47 Å². The highest BCUT2D eigenvalue weighted by Crippen LogP contribution is 2.48. The third-order valence-electron chi connectivity index (χ3n) is 4.68. The Balaban J connectivity index is 1.81. The average Bonchev–Trinajstić information content (AvgIpc) is 2.79. The molecule has 3 heteroatoms. The average molecular weight is 281 g/mol. The minimum absolute atomic E-state index is 0.0991. The first kappa shape index (κ1) is 12.6. The van der Waals surface area contributed by atoms with Crippen LogP contribution in [0, 0.1) is 6.92 Å². The molecule has 21 heavy (non-hydrogen) atoms. The number of nitrogens with zero attached hydrogens (tertiary/aromatic N) is 1. The fourth-order valence-corrected chi connectivity index (χ4v) is 3.66. The van der Waals surface area contributed by atoms with Gasteiger partial charge >= 0.3 is 0 Å². The fraction of sp³-hybridized carbons (Fsp3) is 0.333. The smallest absolute Gasteiger partial charge is 0.179 e. The predicted molar refractivity (Wildman–Crippen MR) is 83.4 cm³/mol. The van der Waals surface area contributed by atoms with E-state index in [2.05, 4.69) is 49.2 Å². The Bertz CT molecular complexity index is 710. The molecule has 0 saturated carbocycles. The number of anilines is 1. The van der Waals surface area contributed by atoms with Gasteiger partial charge in [-0.1, -0.05) is 18.2 Å². The molecule has 0 spiro atoms.